The van der Waals surface area contributed by atoms with Crippen LogP contribution in [0.3, 0.4) is 0 Å². The lowest BCUT2D eigenvalue weighted by Gasteiger charge is -2.20. The Hall–Kier alpha value is -2.57. The molecule has 27 heavy (non-hydrogen) atoms. The molecule has 1 unspecified atom stereocenters. The van der Waals surface area contributed by atoms with Crippen molar-refractivity contribution in [3.05, 3.63) is 35.9 Å². The van der Waals surface area contributed by atoms with E-state index in [4.69, 9.17) is 0 Å². The van der Waals surface area contributed by atoms with Gasteiger partial charge in [0.15, 0.2) is 5.96 Å². The van der Waals surface area contributed by atoms with Crippen molar-refractivity contribution >= 4 is 17.8 Å². The van der Waals surface area contributed by atoms with Gasteiger partial charge < -0.3 is 20.9 Å². The summed E-state index contributed by atoms with van der Waals surface area (Å²) in [6.07, 6.45) is 0.878. The molecule has 1 aliphatic heterocycles. The second-order valence-electron chi connectivity index (χ2n) is 7.03. The third-order valence-electron chi connectivity index (χ3n) is 4.39. The maximum Gasteiger partial charge on any atom is 0.242 e. The van der Waals surface area contributed by atoms with E-state index in [-0.39, 0.29) is 30.3 Å². The number of hydrogen-bond donors (Lipinski definition) is 3. The van der Waals surface area contributed by atoms with E-state index >= 15 is 0 Å². The molecule has 2 rings (SSSR count). The van der Waals surface area contributed by atoms with Crippen molar-refractivity contribution in [3.8, 4) is 0 Å². The zero-order valence-electron chi connectivity index (χ0n) is 16.5. The molecule has 1 saturated heterocycles. The van der Waals surface area contributed by atoms with Crippen LogP contribution in [0.25, 0.3) is 0 Å². The average molecular weight is 374 g/mol. The number of nitrogens with one attached hydrogen (secondary N) is 3. The van der Waals surface area contributed by atoms with Gasteiger partial charge in [0.25, 0.3) is 0 Å². The van der Waals surface area contributed by atoms with E-state index in [2.05, 4.69) is 20.9 Å². The quantitative estimate of drug-likeness (QED) is 0.494. The Morgan fingerprint density at radius 3 is 2.63 bits per heavy atom. The molecular weight excluding hydrogens is 342 g/mol. The van der Waals surface area contributed by atoms with Gasteiger partial charge in [-0.2, -0.15) is 0 Å². The fourth-order valence-electron chi connectivity index (χ4n) is 2.96. The summed E-state index contributed by atoms with van der Waals surface area (Å²) < 4.78 is 0. The summed E-state index contributed by atoms with van der Waals surface area (Å²) in [7, 11) is 0. The van der Waals surface area contributed by atoms with Crippen molar-refractivity contribution in [1.82, 2.24) is 20.9 Å². The smallest absolute Gasteiger partial charge is 0.242 e. The lowest BCUT2D eigenvalue weighted by Crippen LogP contribution is -2.45. The van der Waals surface area contributed by atoms with E-state index in [0.29, 0.717) is 25.6 Å². The fourth-order valence-corrected chi connectivity index (χ4v) is 2.96. The number of rotatable bonds is 7. The summed E-state index contributed by atoms with van der Waals surface area (Å²) in [5, 5.41) is 9.37. The fraction of sp³-hybridized carbons (Fsp3) is 0.550. The van der Waals surface area contributed by atoms with Gasteiger partial charge in [0.2, 0.25) is 11.8 Å². The Bertz CT molecular complexity index is 645. The minimum atomic E-state index is -0.126. The monoisotopic (exact) mass is 373 g/mol. The molecule has 0 saturated carbocycles. The molecule has 0 radical (unpaired) electrons. The molecule has 1 fully saturated rings. The average Bonchev–Trinajstić information content (AvgIpc) is 3.13. The lowest BCUT2D eigenvalue weighted by atomic mass is 10.2. The van der Waals surface area contributed by atoms with Gasteiger partial charge in [0, 0.05) is 38.1 Å². The maximum atomic E-state index is 12.1. The molecule has 7 nitrogen and oxygen atoms in total. The first-order chi connectivity index (χ1) is 13.0. The van der Waals surface area contributed by atoms with E-state index in [0.717, 1.165) is 18.5 Å². The zero-order valence-corrected chi connectivity index (χ0v) is 16.5. The van der Waals surface area contributed by atoms with Crippen LogP contribution in [-0.2, 0) is 16.1 Å². The van der Waals surface area contributed by atoms with Gasteiger partial charge in [-0.25, -0.2) is 4.99 Å². The van der Waals surface area contributed by atoms with Gasteiger partial charge in [-0.3, -0.25) is 9.59 Å². The van der Waals surface area contributed by atoms with Gasteiger partial charge in [-0.15, -0.1) is 0 Å². The van der Waals surface area contributed by atoms with E-state index in [1.807, 2.05) is 56.0 Å². The Morgan fingerprint density at radius 2 is 1.96 bits per heavy atom. The predicted molar refractivity (Wildman–Crippen MR) is 107 cm³/mol. The number of aliphatic imine (C=N–C) groups is 1. The first-order valence-electron chi connectivity index (χ1n) is 9.63. The summed E-state index contributed by atoms with van der Waals surface area (Å²) in [6.45, 7) is 8.50. The van der Waals surface area contributed by atoms with Gasteiger partial charge in [0.1, 0.15) is 6.54 Å². The zero-order chi connectivity index (χ0) is 19.6. The standard InChI is InChI=1S/C20H31N5O2/c1-4-21-20(24-17-10-11-25(14-17)19(27)15(2)3)23-13-18(26)22-12-16-8-6-5-7-9-16/h5-9,15,17H,4,10-14H2,1-3H3,(H,22,26)(H2,21,23,24). The summed E-state index contributed by atoms with van der Waals surface area (Å²) in [6, 6.07) is 9.93. The minimum Gasteiger partial charge on any atom is -0.357 e. The summed E-state index contributed by atoms with van der Waals surface area (Å²) >= 11 is 0. The highest BCUT2D eigenvalue weighted by molar-refractivity contribution is 5.85. The van der Waals surface area contributed by atoms with Crippen molar-refractivity contribution in [1.29, 1.82) is 0 Å². The van der Waals surface area contributed by atoms with E-state index < -0.39 is 0 Å². The van der Waals surface area contributed by atoms with Gasteiger partial charge in [0.05, 0.1) is 0 Å². The Labute approximate surface area is 161 Å². The number of carbonyl (C=O) groups is 2. The van der Waals surface area contributed by atoms with Crippen LogP contribution in [0.5, 0.6) is 0 Å². The molecule has 1 aliphatic rings. The SMILES string of the molecule is CCNC(=NCC(=O)NCc1ccccc1)NC1CCN(C(=O)C(C)C)C1. The largest absolute Gasteiger partial charge is 0.357 e. The van der Waals surface area contributed by atoms with Crippen LogP contribution in [-0.4, -0.2) is 54.9 Å². The van der Waals surface area contributed by atoms with Crippen LogP contribution >= 0.6 is 0 Å². The van der Waals surface area contributed by atoms with Crippen LogP contribution < -0.4 is 16.0 Å². The maximum absolute atomic E-state index is 12.1. The van der Waals surface area contributed by atoms with Gasteiger partial charge in [-0.1, -0.05) is 44.2 Å². The van der Waals surface area contributed by atoms with Gasteiger partial charge in [-0.05, 0) is 18.9 Å². The van der Waals surface area contributed by atoms with Crippen LogP contribution in [0.4, 0.5) is 0 Å². The summed E-state index contributed by atoms with van der Waals surface area (Å²) in [4.78, 5) is 30.4. The number of likely N-dealkylation sites (tertiary alicyclic amines) is 1. The summed E-state index contributed by atoms with van der Waals surface area (Å²) in [5.74, 6) is 0.677. The first kappa shape index (κ1) is 20.7. The predicted octanol–water partition coefficient (Wildman–Crippen LogP) is 1.11. The van der Waals surface area contributed by atoms with E-state index in [1.54, 1.807) is 0 Å². The Morgan fingerprint density at radius 1 is 1.22 bits per heavy atom. The molecule has 1 aromatic carbocycles. The number of amides is 2. The van der Waals surface area contributed by atoms with Crippen LogP contribution in [0.2, 0.25) is 0 Å². The molecule has 0 aromatic heterocycles. The molecular formula is C20H31N5O2. The minimum absolute atomic E-state index is 0.0129. The summed E-state index contributed by atoms with van der Waals surface area (Å²) in [5.41, 5.74) is 1.06. The second kappa shape index (κ2) is 10.5. The number of benzene rings is 1. The van der Waals surface area contributed by atoms with E-state index in [1.165, 1.54) is 0 Å². The molecule has 7 heteroatoms. The van der Waals surface area contributed by atoms with Crippen molar-refractivity contribution < 1.29 is 9.59 Å². The molecule has 1 heterocycles. The lowest BCUT2D eigenvalue weighted by molar-refractivity contribution is -0.133. The van der Waals surface area contributed by atoms with E-state index in [9.17, 15) is 9.59 Å². The van der Waals surface area contributed by atoms with Crippen LogP contribution in [0.15, 0.2) is 35.3 Å². The number of nitrogens with zero attached hydrogens (tertiary/aromatic N) is 2. The van der Waals surface area contributed by atoms with Crippen LogP contribution in [0, 0.1) is 5.92 Å². The third-order valence-corrected chi connectivity index (χ3v) is 4.39. The highest BCUT2D eigenvalue weighted by Gasteiger charge is 2.27. The van der Waals surface area contributed by atoms with Gasteiger partial charge >= 0.3 is 0 Å². The second-order valence-corrected chi connectivity index (χ2v) is 7.03. The molecule has 0 bridgehead atoms. The molecule has 0 spiro atoms. The number of guanidine groups is 1. The number of carbonyl (C=O) groups excluding carboxylic acids is 2. The first-order valence-corrected chi connectivity index (χ1v) is 9.63. The van der Waals surface area contributed by atoms with Crippen molar-refractivity contribution in [3.63, 3.8) is 0 Å². The molecule has 3 N–H and O–H groups in total. The molecule has 2 amide bonds. The third kappa shape index (κ3) is 6.92. The normalized spacial score (nSPS) is 17.1. The Balaban J connectivity index is 1.81. The highest BCUT2D eigenvalue weighted by Crippen LogP contribution is 2.12. The molecule has 0 aliphatic carbocycles. The highest BCUT2D eigenvalue weighted by atomic mass is 16.2. The van der Waals surface area contributed by atoms with Crippen molar-refractivity contribution in [2.75, 3.05) is 26.2 Å². The number of hydrogen-bond acceptors (Lipinski definition) is 3. The van der Waals surface area contributed by atoms with Crippen molar-refractivity contribution in [2.24, 2.45) is 10.9 Å². The molecule has 1 aromatic rings. The van der Waals surface area contributed by atoms with Crippen molar-refractivity contribution in [2.45, 2.75) is 39.8 Å². The Kier molecular flexibility index (Phi) is 8.10. The van der Waals surface area contributed by atoms with Crippen LogP contribution in [0.1, 0.15) is 32.8 Å². The molecule has 1 atom stereocenters. The molecule has 148 valence electrons. The topological polar surface area (TPSA) is 85.8 Å².